The van der Waals surface area contributed by atoms with E-state index in [0.717, 1.165) is 11.8 Å². The predicted octanol–water partition coefficient (Wildman–Crippen LogP) is 5.43. The Balaban J connectivity index is 1.90. The fourth-order valence-corrected chi connectivity index (χ4v) is 3.71. The van der Waals surface area contributed by atoms with Crippen LogP contribution in [-0.4, -0.2) is 12.3 Å². The molecule has 0 bridgehead atoms. The number of thioether (sulfide) groups is 1. The molecule has 1 fully saturated rings. The van der Waals surface area contributed by atoms with Crippen LogP contribution < -0.4 is 5.32 Å². The van der Waals surface area contributed by atoms with Gasteiger partial charge in [-0.2, -0.15) is 0 Å². The van der Waals surface area contributed by atoms with Gasteiger partial charge in [-0.25, -0.2) is 0 Å². The third-order valence-corrected chi connectivity index (χ3v) is 4.75. The van der Waals surface area contributed by atoms with E-state index in [1.54, 1.807) is 0 Å². The molecule has 1 saturated carbocycles. The maximum Gasteiger partial charge on any atom is 0.0353 e. The predicted molar refractivity (Wildman–Crippen MR) is 87.0 cm³/mol. The minimum Gasteiger partial charge on any atom is -0.382 e. The Kier molecular flexibility index (Phi) is 5.62. The number of rotatable bonds is 5. The summed E-state index contributed by atoms with van der Waals surface area (Å²) in [6.45, 7) is 4.69. The van der Waals surface area contributed by atoms with Crippen LogP contribution in [0.25, 0.3) is 0 Å². The van der Waals surface area contributed by atoms with Crippen molar-refractivity contribution in [1.82, 2.24) is 0 Å². The number of benzene rings is 1. The molecule has 2 atom stereocenters. The molecule has 1 aromatic carbocycles. The van der Waals surface area contributed by atoms with Gasteiger partial charge in [0.2, 0.25) is 0 Å². The highest BCUT2D eigenvalue weighted by atomic mass is 32.2. The smallest absolute Gasteiger partial charge is 0.0353 e. The molecule has 106 valence electrons. The first-order valence-electron chi connectivity index (χ1n) is 7.58. The first-order valence-corrected chi connectivity index (χ1v) is 8.80. The molecule has 1 nitrogen and oxygen atoms in total. The summed E-state index contributed by atoms with van der Waals surface area (Å²) in [6, 6.07) is 9.48. The van der Waals surface area contributed by atoms with Gasteiger partial charge in [0.15, 0.2) is 0 Å². The van der Waals surface area contributed by atoms with E-state index < -0.39 is 0 Å². The fourth-order valence-electron chi connectivity index (χ4n) is 3.25. The molecule has 2 heteroatoms. The topological polar surface area (TPSA) is 12.0 Å². The molecule has 0 aromatic heterocycles. The molecule has 0 saturated heterocycles. The Morgan fingerprint density at radius 1 is 1.32 bits per heavy atom. The van der Waals surface area contributed by atoms with Gasteiger partial charge in [0, 0.05) is 16.6 Å². The van der Waals surface area contributed by atoms with Crippen LogP contribution in [0.4, 0.5) is 5.69 Å². The van der Waals surface area contributed by atoms with Crippen LogP contribution in [0.15, 0.2) is 29.2 Å². The van der Waals surface area contributed by atoms with Crippen molar-refractivity contribution in [2.45, 2.75) is 56.9 Å². The first kappa shape index (κ1) is 14.8. The van der Waals surface area contributed by atoms with Gasteiger partial charge in [-0.15, -0.1) is 11.8 Å². The van der Waals surface area contributed by atoms with Crippen LogP contribution in [0.5, 0.6) is 0 Å². The van der Waals surface area contributed by atoms with E-state index in [-0.39, 0.29) is 0 Å². The van der Waals surface area contributed by atoms with Crippen molar-refractivity contribution in [3.63, 3.8) is 0 Å². The van der Waals surface area contributed by atoms with E-state index in [2.05, 4.69) is 49.7 Å². The number of anilines is 1. The van der Waals surface area contributed by atoms with Crippen LogP contribution in [0, 0.1) is 11.8 Å². The standard InChI is InChI=1S/C17H27NS/c1-13(2)10-14-6-4-7-15(11-14)18-16-8-5-9-17(12-16)19-3/h5,8-9,12-15,18H,4,6-7,10-11H2,1-3H3. The zero-order valence-electron chi connectivity index (χ0n) is 12.5. The van der Waals surface area contributed by atoms with Gasteiger partial charge >= 0.3 is 0 Å². The Morgan fingerprint density at radius 3 is 2.89 bits per heavy atom. The fraction of sp³-hybridized carbons (Fsp3) is 0.647. The molecule has 0 radical (unpaired) electrons. The van der Waals surface area contributed by atoms with Crippen molar-refractivity contribution in [3.8, 4) is 0 Å². The maximum absolute atomic E-state index is 3.75. The van der Waals surface area contributed by atoms with E-state index in [9.17, 15) is 0 Å². The highest BCUT2D eigenvalue weighted by Crippen LogP contribution is 2.31. The van der Waals surface area contributed by atoms with Crippen LogP contribution in [-0.2, 0) is 0 Å². The van der Waals surface area contributed by atoms with E-state index in [1.807, 2.05) is 11.8 Å². The van der Waals surface area contributed by atoms with Gasteiger partial charge in [0.25, 0.3) is 0 Å². The van der Waals surface area contributed by atoms with Gasteiger partial charge in [0.1, 0.15) is 0 Å². The maximum atomic E-state index is 3.75. The summed E-state index contributed by atoms with van der Waals surface area (Å²) in [4.78, 5) is 1.35. The molecule has 1 aromatic rings. The summed E-state index contributed by atoms with van der Waals surface area (Å²) in [7, 11) is 0. The second-order valence-electron chi connectivity index (χ2n) is 6.24. The molecule has 0 heterocycles. The van der Waals surface area contributed by atoms with Crippen molar-refractivity contribution in [1.29, 1.82) is 0 Å². The lowest BCUT2D eigenvalue weighted by Gasteiger charge is -2.31. The molecule has 1 aliphatic carbocycles. The lowest BCUT2D eigenvalue weighted by atomic mass is 9.81. The molecule has 1 N–H and O–H groups in total. The van der Waals surface area contributed by atoms with E-state index in [4.69, 9.17) is 0 Å². The highest BCUT2D eigenvalue weighted by Gasteiger charge is 2.22. The zero-order chi connectivity index (χ0) is 13.7. The molecular formula is C17H27NS. The van der Waals surface area contributed by atoms with Gasteiger partial charge in [-0.3, -0.25) is 0 Å². The minimum absolute atomic E-state index is 0.676. The molecule has 2 rings (SSSR count). The van der Waals surface area contributed by atoms with Crippen LogP contribution in [0.2, 0.25) is 0 Å². The van der Waals surface area contributed by atoms with Crippen LogP contribution in [0.1, 0.15) is 46.0 Å². The summed E-state index contributed by atoms with van der Waals surface area (Å²) >= 11 is 1.81. The molecule has 19 heavy (non-hydrogen) atoms. The van der Waals surface area contributed by atoms with Crippen molar-refractivity contribution < 1.29 is 0 Å². The quantitative estimate of drug-likeness (QED) is 0.721. The van der Waals surface area contributed by atoms with Crippen molar-refractivity contribution in [3.05, 3.63) is 24.3 Å². The average molecular weight is 277 g/mol. The largest absolute Gasteiger partial charge is 0.382 e. The Bertz CT molecular complexity index is 389. The van der Waals surface area contributed by atoms with Gasteiger partial charge in [0.05, 0.1) is 0 Å². The highest BCUT2D eigenvalue weighted by molar-refractivity contribution is 7.98. The lowest BCUT2D eigenvalue weighted by molar-refractivity contribution is 0.289. The van der Waals surface area contributed by atoms with E-state index in [0.29, 0.717) is 6.04 Å². The molecule has 0 amide bonds. The number of nitrogens with one attached hydrogen (secondary N) is 1. The summed E-state index contributed by atoms with van der Waals surface area (Å²) in [5.41, 5.74) is 1.29. The van der Waals surface area contributed by atoms with Gasteiger partial charge in [-0.05, 0) is 55.6 Å². The molecule has 1 aliphatic rings. The minimum atomic E-state index is 0.676. The summed E-state index contributed by atoms with van der Waals surface area (Å²) in [6.07, 6.45) is 9.03. The summed E-state index contributed by atoms with van der Waals surface area (Å²) in [5.74, 6) is 1.76. The summed E-state index contributed by atoms with van der Waals surface area (Å²) in [5, 5.41) is 3.75. The number of hydrogen-bond acceptors (Lipinski definition) is 2. The second-order valence-corrected chi connectivity index (χ2v) is 7.12. The van der Waals surface area contributed by atoms with Gasteiger partial charge in [-0.1, -0.05) is 32.8 Å². The summed E-state index contributed by atoms with van der Waals surface area (Å²) < 4.78 is 0. The van der Waals surface area contributed by atoms with Gasteiger partial charge < -0.3 is 5.32 Å². The van der Waals surface area contributed by atoms with Crippen molar-refractivity contribution in [2.24, 2.45) is 11.8 Å². The normalized spacial score (nSPS) is 23.6. The van der Waals surface area contributed by atoms with Crippen molar-refractivity contribution in [2.75, 3.05) is 11.6 Å². The molecule has 0 spiro atoms. The molecular weight excluding hydrogens is 250 g/mol. The second kappa shape index (κ2) is 7.23. The Hall–Kier alpha value is -0.630. The molecule has 0 aliphatic heterocycles. The van der Waals surface area contributed by atoms with Crippen LogP contribution in [0.3, 0.4) is 0 Å². The van der Waals surface area contributed by atoms with Crippen molar-refractivity contribution >= 4 is 17.4 Å². The van der Waals surface area contributed by atoms with E-state index in [1.165, 1.54) is 42.7 Å². The average Bonchev–Trinajstić information content (AvgIpc) is 2.38. The van der Waals surface area contributed by atoms with Crippen LogP contribution >= 0.6 is 11.8 Å². The zero-order valence-corrected chi connectivity index (χ0v) is 13.3. The first-order chi connectivity index (χ1) is 9.17. The third kappa shape index (κ3) is 4.76. The Labute approximate surface area is 122 Å². The third-order valence-electron chi connectivity index (χ3n) is 4.03. The monoisotopic (exact) mass is 277 g/mol. The SMILES string of the molecule is CSc1cccc(NC2CCCC(CC(C)C)C2)c1. The number of hydrogen-bond donors (Lipinski definition) is 1. The van der Waals surface area contributed by atoms with E-state index >= 15 is 0 Å². The Morgan fingerprint density at radius 2 is 2.16 bits per heavy atom. The lowest BCUT2D eigenvalue weighted by Crippen LogP contribution is -2.27. The molecule has 2 unspecified atom stereocenters.